The van der Waals surface area contributed by atoms with Crippen molar-refractivity contribution in [2.45, 2.75) is 18.9 Å². The number of anilines is 2. The molecule has 1 fully saturated rings. The maximum atomic E-state index is 11.6. The monoisotopic (exact) mass is 318 g/mol. The van der Waals surface area contributed by atoms with Gasteiger partial charge in [-0.05, 0) is 31.0 Å². The van der Waals surface area contributed by atoms with Gasteiger partial charge in [-0.25, -0.2) is 16.8 Å². The molecule has 20 heavy (non-hydrogen) atoms. The molecule has 0 saturated carbocycles. The Bertz CT molecular complexity index is 683. The minimum atomic E-state index is -3.32. The first kappa shape index (κ1) is 15.1. The molecule has 1 aromatic carbocycles. The van der Waals surface area contributed by atoms with Crippen molar-refractivity contribution < 1.29 is 16.8 Å². The third-order valence-corrected chi connectivity index (χ3v) is 5.43. The fourth-order valence-electron chi connectivity index (χ4n) is 2.26. The fourth-order valence-corrected chi connectivity index (χ4v) is 4.45. The summed E-state index contributed by atoms with van der Waals surface area (Å²) in [5.74, 6) is 0.373. The fraction of sp³-hybridized carbons (Fsp3) is 0.500. The Morgan fingerprint density at radius 2 is 1.95 bits per heavy atom. The van der Waals surface area contributed by atoms with Crippen LogP contribution in [0.3, 0.4) is 0 Å². The van der Waals surface area contributed by atoms with E-state index in [9.17, 15) is 16.8 Å². The molecule has 0 spiro atoms. The number of sulfonamides is 1. The molecule has 1 aliphatic heterocycles. The van der Waals surface area contributed by atoms with E-state index in [0.29, 0.717) is 17.8 Å². The van der Waals surface area contributed by atoms with Gasteiger partial charge < -0.3 is 5.32 Å². The van der Waals surface area contributed by atoms with Crippen LogP contribution >= 0.6 is 0 Å². The Morgan fingerprint density at radius 3 is 2.60 bits per heavy atom. The van der Waals surface area contributed by atoms with Gasteiger partial charge in [0.05, 0.1) is 23.4 Å². The smallest absolute Gasteiger partial charge is 0.229 e. The van der Waals surface area contributed by atoms with Gasteiger partial charge >= 0.3 is 0 Å². The van der Waals surface area contributed by atoms with Crippen LogP contribution in [-0.2, 0) is 19.9 Å². The highest BCUT2D eigenvalue weighted by Crippen LogP contribution is 2.20. The van der Waals surface area contributed by atoms with E-state index >= 15 is 0 Å². The van der Waals surface area contributed by atoms with Crippen molar-refractivity contribution in [1.29, 1.82) is 0 Å². The number of hydrogen-bond donors (Lipinski definition) is 2. The van der Waals surface area contributed by atoms with Gasteiger partial charge in [-0.2, -0.15) is 0 Å². The van der Waals surface area contributed by atoms with Gasteiger partial charge in [-0.15, -0.1) is 0 Å². The largest absolute Gasteiger partial charge is 0.381 e. The standard InChI is InChI=1S/C12H18N2O4S2/c1-19(15,16)14-11-5-2-4-10(8-11)13-12-6-3-7-20(17,18)9-12/h2,4-5,8,12-14H,3,6-7,9H2,1H3. The van der Waals surface area contributed by atoms with Gasteiger partial charge in [0.15, 0.2) is 9.84 Å². The van der Waals surface area contributed by atoms with Crippen molar-refractivity contribution in [3.63, 3.8) is 0 Å². The first-order valence-electron chi connectivity index (χ1n) is 6.28. The molecule has 0 radical (unpaired) electrons. The summed E-state index contributed by atoms with van der Waals surface area (Å²) in [6.07, 6.45) is 2.53. The summed E-state index contributed by atoms with van der Waals surface area (Å²) in [5, 5.41) is 3.15. The second-order valence-electron chi connectivity index (χ2n) is 5.05. The van der Waals surface area contributed by atoms with Crippen LogP contribution in [-0.4, -0.2) is 40.6 Å². The Balaban J connectivity index is 2.08. The first-order valence-corrected chi connectivity index (χ1v) is 10.00. The second-order valence-corrected chi connectivity index (χ2v) is 9.03. The normalized spacial score (nSPS) is 22.1. The molecule has 2 rings (SSSR count). The van der Waals surface area contributed by atoms with E-state index in [4.69, 9.17) is 0 Å². The van der Waals surface area contributed by atoms with E-state index < -0.39 is 19.9 Å². The Kier molecular flexibility index (Phi) is 4.24. The molecule has 0 aliphatic carbocycles. The van der Waals surface area contributed by atoms with Crippen molar-refractivity contribution in [1.82, 2.24) is 0 Å². The zero-order valence-electron chi connectivity index (χ0n) is 11.2. The summed E-state index contributed by atoms with van der Waals surface area (Å²) in [6.45, 7) is 0. The molecule has 0 bridgehead atoms. The molecule has 1 unspecified atom stereocenters. The lowest BCUT2D eigenvalue weighted by Gasteiger charge is -2.24. The van der Waals surface area contributed by atoms with Crippen LogP contribution in [0.5, 0.6) is 0 Å². The molecule has 8 heteroatoms. The van der Waals surface area contributed by atoms with Crippen LogP contribution < -0.4 is 10.0 Å². The molecule has 1 aliphatic rings. The van der Waals surface area contributed by atoms with Crippen molar-refractivity contribution in [2.24, 2.45) is 0 Å². The molecule has 2 N–H and O–H groups in total. The molecule has 1 saturated heterocycles. The molecule has 1 heterocycles. The summed E-state index contributed by atoms with van der Waals surface area (Å²) in [6, 6.07) is 6.68. The van der Waals surface area contributed by atoms with Gasteiger partial charge in [0.1, 0.15) is 0 Å². The van der Waals surface area contributed by atoms with Crippen LogP contribution in [0, 0.1) is 0 Å². The minimum Gasteiger partial charge on any atom is -0.381 e. The molecule has 112 valence electrons. The van der Waals surface area contributed by atoms with E-state index in [1.165, 1.54) is 0 Å². The average Bonchev–Trinajstić information content (AvgIpc) is 2.25. The van der Waals surface area contributed by atoms with Crippen molar-refractivity contribution in [3.8, 4) is 0 Å². The summed E-state index contributed by atoms with van der Waals surface area (Å²) in [4.78, 5) is 0. The molecule has 1 aromatic rings. The lowest BCUT2D eigenvalue weighted by atomic mass is 10.1. The Labute approximate surface area is 119 Å². The highest BCUT2D eigenvalue weighted by molar-refractivity contribution is 7.92. The lowest BCUT2D eigenvalue weighted by molar-refractivity contribution is 0.562. The van der Waals surface area contributed by atoms with Gasteiger partial charge in [0.25, 0.3) is 0 Å². The third-order valence-electron chi connectivity index (χ3n) is 3.00. The van der Waals surface area contributed by atoms with Crippen molar-refractivity contribution in [3.05, 3.63) is 24.3 Å². The summed E-state index contributed by atoms with van der Waals surface area (Å²) < 4.78 is 47.9. The van der Waals surface area contributed by atoms with Gasteiger partial charge in [-0.3, -0.25) is 4.72 Å². The predicted molar refractivity (Wildman–Crippen MR) is 80.2 cm³/mol. The molecule has 1 atom stereocenters. The highest BCUT2D eigenvalue weighted by atomic mass is 32.2. The SMILES string of the molecule is CS(=O)(=O)Nc1cccc(NC2CCCS(=O)(=O)C2)c1. The van der Waals surface area contributed by atoms with Gasteiger partial charge in [0.2, 0.25) is 10.0 Å². The molecular formula is C12H18N2O4S2. The Hall–Kier alpha value is -1.28. The zero-order valence-corrected chi connectivity index (χ0v) is 12.8. The third kappa shape index (κ3) is 4.68. The quantitative estimate of drug-likeness (QED) is 0.865. The average molecular weight is 318 g/mol. The lowest BCUT2D eigenvalue weighted by Crippen LogP contribution is -2.34. The number of rotatable bonds is 4. The van der Waals surface area contributed by atoms with Crippen LogP contribution in [0.1, 0.15) is 12.8 Å². The topological polar surface area (TPSA) is 92.3 Å². The van der Waals surface area contributed by atoms with Gasteiger partial charge in [-0.1, -0.05) is 6.07 Å². The maximum absolute atomic E-state index is 11.6. The predicted octanol–water partition coefficient (Wildman–Crippen LogP) is 1.05. The number of nitrogens with one attached hydrogen (secondary N) is 2. The summed E-state index contributed by atoms with van der Waals surface area (Å²) in [5.41, 5.74) is 1.16. The van der Waals surface area contributed by atoms with Crippen LogP contribution in [0.25, 0.3) is 0 Å². The number of benzene rings is 1. The van der Waals surface area contributed by atoms with Crippen molar-refractivity contribution in [2.75, 3.05) is 27.8 Å². The van der Waals surface area contributed by atoms with E-state index in [-0.39, 0.29) is 17.5 Å². The van der Waals surface area contributed by atoms with Crippen molar-refractivity contribution >= 4 is 31.2 Å². The Morgan fingerprint density at radius 1 is 1.25 bits per heavy atom. The maximum Gasteiger partial charge on any atom is 0.229 e. The molecule has 6 nitrogen and oxygen atoms in total. The molecular weight excluding hydrogens is 300 g/mol. The second kappa shape index (κ2) is 5.61. The van der Waals surface area contributed by atoms with E-state index in [1.54, 1.807) is 24.3 Å². The molecule has 0 amide bonds. The van der Waals surface area contributed by atoms with Crippen LogP contribution in [0.15, 0.2) is 24.3 Å². The van der Waals surface area contributed by atoms with E-state index in [0.717, 1.165) is 12.7 Å². The zero-order chi connectivity index (χ0) is 14.8. The van der Waals surface area contributed by atoms with Gasteiger partial charge in [0, 0.05) is 11.7 Å². The molecule has 0 aromatic heterocycles. The number of hydrogen-bond acceptors (Lipinski definition) is 5. The first-order chi connectivity index (χ1) is 9.23. The number of sulfone groups is 1. The summed E-state index contributed by atoms with van der Waals surface area (Å²) in [7, 11) is -6.28. The van der Waals surface area contributed by atoms with Crippen LogP contribution in [0.4, 0.5) is 11.4 Å². The van der Waals surface area contributed by atoms with E-state index in [1.807, 2.05) is 0 Å². The summed E-state index contributed by atoms with van der Waals surface area (Å²) >= 11 is 0. The van der Waals surface area contributed by atoms with Crippen LogP contribution in [0.2, 0.25) is 0 Å². The van der Waals surface area contributed by atoms with E-state index in [2.05, 4.69) is 10.0 Å². The minimum absolute atomic E-state index is 0.122. The highest BCUT2D eigenvalue weighted by Gasteiger charge is 2.24.